The molecule has 4 heteroatoms. The second-order valence-electron chi connectivity index (χ2n) is 6.37. The highest BCUT2D eigenvalue weighted by Crippen LogP contribution is 2.44. The monoisotopic (exact) mass is 288 g/mol. The van der Waals surface area contributed by atoms with Crippen LogP contribution >= 0.6 is 0 Å². The molecule has 2 atom stereocenters. The lowest BCUT2D eigenvalue weighted by Crippen LogP contribution is -2.53. The summed E-state index contributed by atoms with van der Waals surface area (Å²) in [5, 5.41) is 3.18. The van der Waals surface area contributed by atoms with Crippen LogP contribution < -0.4 is 11.1 Å². The standard InChI is InChI=1S/C17H24N2O2/c1-12(15-4-2-11-21-15)19-16(20)17(9-3-10-17)13-5-7-14(18)8-6-13/h5-8,12,15H,2-4,9-11,18H2,1H3,(H,19,20). The number of nitrogen functional groups attached to an aromatic ring is 1. The summed E-state index contributed by atoms with van der Waals surface area (Å²) in [4.78, 5) is 12.8. The van der Waals surface area contributed by atoms with Crippen molar-refractivity contribution in [3.63, 3.8) is 0 Å². The van der Waals surface area contributed by atoms with Crippen LogP contribution in [0, 0.1) is 0 Å². The number of nitrogens with one attached hydrogen (secondary N) is 1. The lowest BCUT2D eigenvalue weighted by molar-refractivity contribution is -0.131. The third-order valence-corrected chi connectivity index (χ3v) is 4.99. The number of carbonyl (C=O) groups is 1. The Morgan fingerprint density at radius 3 is 2.57 bits per heavy atom. The van der Waals surface area contributed by atoms with Crippen LogP contribution in [0.15, 0.2) is 24.3 Å². The molecule has 0 radical (unpaired) electrons. The molecule has 2 aliphatic rings. The first-order valence-electron chi connectivity index (χ1n) is 7.90. The van der Waals surface area contributed by atoms with Gasteiger partial charge in [0.2, 0.25) is 5.91 Å². The zero-order valence-corrected chi connectivity index (χ0v) is 12.6. The van der Waals surface area contributed by atoms with Gasteiger partial charge in [-0.3, -0.25) is 4.79 Å². The number of hydrogen-bond donors (Lipinski definition) is 2. The lowest BCUT2D eigenvalue weighted by Gasteiger charge is -2.41. The number of nitrogens with two attached hydrogens (primary N) is 1. The molecule has 1 aromatic carbocycles. The van der Waals surface area contributed by atoms with Crippen LogP contribution in [0.25, 0.3) is 0 Å². The summed E-state index contributed by atoms with van der Waals surface area (Å²) < 4.78 is 5.67. The molecule has 1 aromatic rings. The van der Waals surface area contributed by atoms with E-state index in [-0.39, 0.29) is 23.5 Å². The Balaban J connectivity index is 1.72. The minimum absolute atomic E-state index is 0.0752. The van der Waals surface area contributed by atoms with Crippen LogP contribution in [-0.2, 0) is 14.9 Å². The zero-order chi connectivity index (χ0) is 14.9. The molecular formula is C17H24N2O2. The lowest BCUT2D eigenvalue weighted by atomic mass is 9.63. The summed E-state index contributed by atoms with van der Waals surface area (Å²) in [6, 6.07) is 7.82. The first kappa shape index (κ1) is 14.4. The largest absolute Gasteiger partial charge is 0.399 e. The molecule has 1 saturated heterocycles. The van der Waals surface area contributed by atoms with E-state index in [1.54, 1.807) is 0 Å². The van der Waals surface area contributed by atoms with Crippen molar-refractivity contribution in [3.8, 4) is 0 Å². The van der Waals surface area contributed by atoms with Gasteiger partial charge in [-0.25, -0.2) is 0 Å². The van der Waals surface area contributed by atoms with E-state index >= 15 is 0 Å². The van der Waals surface area contributed by atoms with E-state index in [9.17, 15) is 4.79 Å². The van der Waals surface area contributed by atoms with Crippen molar-refractivity contribution < 1.29 is 9.53 Å². The van der Waals surface area contributed by atoms with E-state index in [0.717, 1.165) is 50.0 Å². The predicted molar refractivity (Wildman–Crippen MR) is 83.0 cm³/mol. The highest BCUT2D eigenvalue weighted by Gasteiger charge is 2.46. The molecule has 0 spiro atoms. The Labute approximate surface area is 126 Å². The number of ether oxygens (including phenoxy) is 1. The van der Waals surface area contributed by atoms with Gasteiger partial charge in [0.25, 0.3) is 0 Å². The highest BCUT2D eigenvalue weighted by molar-refractivity contribution is 5.89. The second-order valence-corrected chi connectivity index (χ2v) is 6.37. The maximum Gasteiger partial charge on any atom is 0.230 e. The molecule has 2 unspecified atom stereocenters. The summed E-state index contributed by atoms with van der Waals surface area (Å²) in [6.07, 6.45) is 5.23. The molecule has 1 saturated carbocycles. The smallest absolute Gasteiger partial charge is 0.230 e. The van der Waals surface area contributed by atoms with Crippen LogP contribution in [0.5, 0.6) is 0 Å². The van der Waals surface area contributed by atoms with Crippen LogP contribution in [0.1, 0.15) is 44.6 Å². The summed E-state index contributed by atoms with van der Waals surface area (Å²) in [5.41, 5.74) is 7.21. The maximum atomic E-state index is 12.8. The average Bonchev–Trinajstić information content (AvgIpc) is 2.93. The first-order chi connectivity index (χ1) is 10.1. The average molecular weight is 288 g/mol. The third kappa shape index (κ3) is 2.64. The fourth-order valence-electron chi connectivity index (χ4n) is 3.41. The minimum atomic E-state index is -0.361. The van der Waals surface area contributed by atoms with Crippen LogP contribution in [0.3, 0.4) is 0 Å². The van der Waals surface area contributed by atoms with Crippen molar-refractivity contribution >= 4 is 11.6 Å². The van der Waals surface area contributed by atoms with Gasteiger partial charge in [0, 0.05) is 12.3 Å². The van der Waals surface area contributed by atoms with Gasteiger partial charge in [-0.2, -0.15) is 0 Å². The Kier molecular flexibility index (Phi) is 3.89. The number of anilines is 1. The van der Waals surface area contributed by atoms with E-state index in [4.69, 9.17) is 10.5 Å². The van der Waals surface area contributed by atoms with Crippen LogP contribution in [0.2, 0.25) is 0 Å². The Morgan fingerprint density at radius 1 is 1.33 bits per heavy atom. The number of hydrogen-bond acceptors (Lipinski definition) is 3. The number of rotatable bonds is 4. The van der Waals surface area contributed by atoms with E-state index in [2.05, 4.69) is 5.32 Å². The van der Waals surface area contributed by atoms with Gasteiger partial charge in [-0.1, -0.05) is 18.6 Å². The molecule has 114 valence electrons. The normalized spacial score (nSPS) is 25.1. The Bertz CT molecular complexity index is 502. The topological polar surface area (TPSA) is 64.4 Å². The number of benzene rings is 1. The quantitative estimate of drug-likeness (QED) is 0.836. The second kappa shape index (κ2) is 5.68. The summed E-state index contributed by atoms with van der Waals surface area (Å²) in [5.74, 6) is 0.140. The number of carbonyl (C=O) groups excluding carboxylic acids is 1. The van der Waals surface area contributed by atoms with Gasteiger partial charge >= 0.3 is 0 Å². The third-order valence-electron chi connectivity index (χ3n) is 4.99. The summed E-state index contributed by atoms with van der Waals surface area (Å²) in [7, 11) is 0. The van der Waals surface area contributed by atoms with Gasteiger partial charge in [-0.15, -0.1) is 0 Å². The molecule has 1 amide bonds. The molecule has 2 fully saturated rings. The molecular weight excluding hydrogens is 264 g/mol. The summed E-state index contributed by atoms with van der Waals surface area (Å²) in [6.45, 7) is 2.86. The highest BCUT2D eigenvalue weighted by atomic mass is 16.5. The molecule has 21 heavy (non-hydrogen) atoms. The molecule has 0 aromatic heterocycles. The van der Waals surface area contributed by atoms with Crippen molar-refractivity contribution in [3.05, 3.63) is 29.8 Å². The van der Waals surface area contributed by atoms with Crippen molar-refractivity contribution in [1.29, 1.82) is 0 Å². The fraction of sp³-hybridized carbons (Fsp3) is 0.588. The van der Waals surface area contributed by atoms with Gasteiger partial charge in [-0.05, 0) is 50.3 Å². The van der Waals surface area contributed by atoms with Gasteiger partial charge in [0.15, 0.2) is 0 Å². The van der Waals surface area contributed by atoms with Crippen LogP contribution in [-0.4, -0.2) is 24.7 Å². The zero-order valence-electron chi connectivity index (χ0n) is 12.6. The molecule has 3 N–H and O–H groups in total. The van der Waals surface area contributed by atoms with Crippen molar-refractivity contribution in [1.82, 2.24) is 5.32 Å². The summed E-state index contributed by atoms with van der Waals surface area (Å²) >= 11 is 0. The van der Waals surface area contributed by atoms with Crippen molar-refractivity contribution in [2.45, 2.75) is 56.6 Å². The van der Waals surface area contributed by atoms with E-state index < -0.39 is 0 Å². The molecule has 4 nitrogen and oxygen atoms in total. The molecule has 0 bridgehead atoms. The Hall–Kier alpha value is -1.55. The van der Waals surface area contributed by atoms with Gasteiger partial charge in [0.05, 0.1) is 17.6 Å². The molecule has 1 heterocycles. The Morgan fingerprint density at radius 2 is 2.05 bits per heavy atom. The van der Waals surface area contributed by atoms with Gasteiger partial charge < -0.3 is 15.8 Å². The molecule has 3 rings (SSSR count). The van der Waals surface area contributed by atoms with Crippen molar-refractivity contribution in [2.75, 3.05) is 12.3 Å². The van der Waals surface area contributed by atoms with Gasteiger partial charge in [0.1, 0.15) is 0 Å². The van der Waals surface area contributed by atoms with E-state index in [0.29, 0.717) is 0 Å². The molecule has 1 aliphatic carbocycles. The van der Waals surface area contributed by atoms with E-state index in [1.807, 2.05) is 31.2 Å². The first-order valence-corrected chi connectivity index (χ1v) is 7.90. The molecule has 1 aliphatic heterocycles. The minimum Gasteiger partial charge on any atom is -0.399 e. The van der Waals surface area contributed by atoms with E-state index in [1.165, 1.54) is 0 Å². The SMILES string of the molecule is CC(NC(=O)C1(c2ccc(N)cc2)CCC1)C1CCCO1. The van der Waals surface area contributed by atoms with Crippen molar-refractivity contribution in [2.24, 2.45) is 0 Å². The fourth-order valence-corrected chi connectivity index (χ4v) is 3.41. The van der Waals surface area contributed by atoms with Crippen LogP contribution in [0.4, 0.5) is 5.69 Å². The number of amides is 1. The maximum absolute atomic E-state index is 12.8. The predicted octanol–water partition coefficient (Wildman–Crippen LogP) is 2.37.